The molecule has 2 aliphatic rings. The standard InChI is InChI=1S/C53H100N3O17P/c1-11-19-27-61-37-42-49(73-74(60,68-32-24-16-6)69-33-25-17-7)51(65-31-23-15-5)47(56-45(59)35-41(36-54)70-40(10)57)53(71-42)67-38-43-48(63-29-21-13-3)50(64-30-22-14-4)46(52(72-43)66-26-18-8)55-44(58)34-39(9)62-28-20-12-2/h18,39,41-43,46-53H,8,11-17,19-38,54H2,1-7,9-10H3,(H,55,58)(H,56,59)/t39-,41?,42?,43?,46?,47?,48?,49?,50?,51?,52?,53?/m1/s1. The Morgan fingerprint density at radius 1 is 0.608 bits per heavy atom. The number of phosphoric ester groups is 1. The fourth-order valence-corrected chi connectivity index (χ4v) is 9.48. The lowest BCUT2D eigenvalue weighted by atomic mass is 9.95. The minimum atomic E-state index is -4.31. The van der Waals surface area contributed by atoms with Crippen LogP contribution in [0, 0.1) is 0 Å². The lowest BCUT2D eigenvalue weighted by Gasteiger charge is -2.48. The van der Waals surface area contributed by atoms with Gasteiger partial charge in [-0.2, -0.15) is 0 Å². The molecule has 0 saturated carbocycles. The summed E-state index contributed by atoms with van der Waals surface area (Å²) >= 11 is 0. The number of ether oxygens (including phenoxy) is 10. The van der Waals surface area contributed by atoms with Gasteiger partial charge in [-0.15, -0.1) is 6.58 Å². The van der Waals surface area contributed by atoms with Gasteiger partial charge in [-0.3, -0.25) is 28.0 Å². The minimum Gasteiger partial charge on any atom is -0.461 e. The zero-order valence-corrected chi connectivity index (χ0v) is 47.7. The van der Waals surface area contributed by atoms with Gasteiger partial charge in [0.1, 0.15) is 54.8 Å². The highest BCUT2D eigenvalue weighted by Crippen LogP contribution is 2.53. The molecule has 0 aliphatic carbocycles. The van der Waals surface area contributed by atoms with Gasteiger partial charge in [0, 0.05) is 46.5 Å². The van der Waals surface area contributed by atoms with Gasteiger partial charge in [0.2, 0.25) is 11.8 Å². The Morgan fingerprint density at radius 2 is 1.07 bits per heavy atom. The molecule has 12 atom stereocenters. The van der Waals surface area contributed by atoms with Crippen molar-refractivity contribution in [3.05, 3.63) is 12.7 Å². The molecule has 2 fully saturated rings. The summed E-state index contributed by atoms with van der Waals surface area (Å²) in [5.41, 5.74) is 5.97. The maximum absolute atomic E-state index is 14.7. The number of unbranched alkanes of at least 4 members (excludes halogenated alkanes) is 7. The Hall–Kier alpha value is -2.14. The minimum absolute atomic E-state index is 0.0401. The van der Waals surface area contributed by atoms with E-state index in [9.17, 15) is 18.9 Å². The van der Waals surface area contributed by atoms with Crippen molar-refractivity contribution in [1.82, 2.24) is 10.6 Å². The molecule has 0 aromatic carbocycles. The van der Waals surface area contributed by atoms with Crippen molar-refractivity contribution in [2.24, 2.45) is 5.73 Å². The molecule has 20 nitrogen and oxygen atoms in total. The zero-order valence-electron chi connectivity index (χ0n) is 46.8. The first-order chi connectivity index (χ1) is 35.8. The first-order valence-corrected chi connectivity index (χ1v) is 29.5. The van der Waals surface area contributed by atoms with Gasteiger partial charge < -0.3 is 63.7 Å². The van der Waals surface area contributed by atoms with Crippen molar-refractivity contribution in [3.63, 3.8) is 0 Å². The Morgan fingerprint density at radius 3 is 1.58 bits per heavy atom. The van der Waals surface area contributed by atoms with Crippen LogP contribution in [-0.4, -0.2) is 164 Å². The van der Waals surface area contributed by atoms with E-state index in [-0.39, 0.29) is 71.0 Å². The molecule has 0 bridgehead atoms. The van der Waals surface area contributed by atoms with Crippen LogP contribution in [0.2, 0.25) is 0 Å². The van der Waals surface area contributed by atoms with Gasteiger partial charge in [0.05, 0.1) is 52.0 Å². The molecule has 4 N–H and O–H groups in total. The Bertz CT molecular complexity index is 1520. The smallest absolute Gasteiger partial charge is 0.461 e. The van der Waals surface area contributed by atoms with Crippen molar-refractivity contribution in [1.29, 1.82) is 0 Å². The van der Waals surface area contributed by atoms with Gasteiger partial charge in [0.25, 0.3) is 0 Å². The first kappa shape index (κ1) is 68.0. The quantitative estimate of drug-likeness (QED) is 0.0227. The van der Waals surface area contributed by atoms with Crippen LogP contribution in [0.4, 0.5) is 0 Å². The number of esters is 1. The van der Waals surface area contributed by atoms with Crippen molar-refractivity contribution >= 4 is 25.6 Å². The molecule has 2 aliphatic heterocycles. The first-order valence-electron chi connectivity index (χ1n) is 28.0. The second-order valence-corrected chi connectivity index (χ2v) is 20.6. The van der Waals surface area contributed by atoms with Crippen LogP contribution in [0.25, 0.3) is 0 Å². The Kier molecular flexibility index (Phi) is 37.6. The van der Waals surface area contributed by atoms with E-state index in [0.29, 0.717) is 45.7 Å². The number of nitrogens with one attached hydrogen (secondary N) is 2. The molecule has 2 rings (SSSR count). The Labute approximate surface area is 444 Å². The highest BCUT2D eigenvalue weighted by atomic mass is 31.2. The van der Waals surface area contributed by atoms with Crippen molar-refractivity contribution in [2.45, 2.75) is 239 Å². The van der Waals surface area contributed by atoms with Crippen LogP contribution in [0.15, 0.2) is 12.7 Å². The maximum atomic E-state index is 14.7. The lowest BCUT2D eigenvalue weighted by Crippen LogP contribution is -2.68. The summed E-state index contributed by atoms with van der Waals surface area (Å²) in [7, 11) is -4.31. The van der Waals surface area contributed by atoms with E-state index in [1.807, 2.05) is 27.7 Å². The largest absolute Gasteiger partial charge is 0.475 e. The molecule has 2 amide bonds. The molecule has 2 saturated heterocycles. The number of hydrogen-bond donors (Lipinski definition) is 3. The lowest BCUT2D eigenvalue weighted by molar-refractivity contribution is -0.311. The molecule has 2 heterocycles. The third kappa shape index (κ3) is 26.5. The summed E-state index contributed by atoms with van der Waals surface area (Å²) < 4.78 is 97.5. The van der Waals surface area contributed by atoms with Crippen molar-refractivity contribution in [2.75, 3.05) is 72.6 Å². The third-order valence-electron chi connectivity index (χ3n) is 12.2. The van der Waals surface area contributed by atoms with E-state index >= 15 is 0 Å². The molecule has 0 spiro atoms. The monoisotopic (exact) mass is 1080 g/mol. The molecular formula is C53H100N3O17P. The third-order valence-corrected chi connectivity index (χ3v) is 13.7. The number of rotatable bonds is 45. The maximum Gasteiger partial charge on any atom is 0.475 e. The van der Waals surface area contributed by atoms with E-state index in [1.165, 1.54) is 6.92 Å². The van der Waals surface area contributed by atoms with Gasteiger partial charge >= 0.3 is 13.8 Å². The second kappa shape index (κ2) is 41.0. The summed E-state index contributed by atoms with van der Waals surface area (Å²) in [6.45, 7) is 23.0. The number of amides is 2. The average Bonchev–Trinajstić information content (AvgIpc) is 3.36. The average molecular weight is 1080 g/mol. The molecule has 74 heavy (non-hydrogen) atoms. The number of phosphoric acid groups is 1. The number of carbonyl (C=O) groups is 3. The summed E-state index contributed by atoms with van der Waals surface area (Å²) in [5.74, 6) is -1.43. The highest BCUT2D eigenvalue weighted by molar-refractivity contribution is 7.48. The predicted octanol–water partition coefficient (Wildman–Crippen LogP) is 8.00. The van der Waals surface area contributed by atoms with E-state index in [1.54, 1.807) is 6.08 Å². The summed E-state index contributed by atoms with van der Waals surface area (Å²) in [6, 6.07) is -1.97. The molecule has 0 aromatic heterocycles. The van der Waals surface area contributed by atoms with Crippen LogP contribution < -0.4 is 16.4 Å². The zero-order chi connectivity index (χ0) is 54.6. The van der Waals surface area contributed by atoms with Gasteiger partial charge in [-0.05, 0) is 51.9 Å². The number of nitrogens with two attached hydrogens (primary N) is 1. The summed E-state index contributed by atoms with van der Waals surface area (Å²) in [5, 5.41) is 6.19. The van der Waals surface area contributed by atoms with Gasteiger partial charge in [-0.25, -0.2) is 4.57 Å². The molecule has 21 heteroatoms. The van der Waals surface area contributed by atoms with Gasteiger partial charge in [-0.1, -0.05) is 99.5 Å². The summed E-state index contributed by atoms with van der Waals surface area (Å²) in [6.07, 6.45) is 2.82. The summed E-state index contributed by atoms with van der Waals surface area (Å²) in [4.78, 5) is 40.0. The Balaban J connectivity index is 2.81. The van der Waals surface area contributed by atoms with Crippen LogP contribution in [0.1, 0.15) is 165 Å². The highest BCUT2D eigenvalue weighted by Gasteiger charge is 2.54. The van der Waals surface area contributed by atoms with Crippen LogP contribution in [0.5, 0.6) is 0 Å². The molecule has 0 aromatic rings. The van der Waals surface area contributed by atoms with E-state index in [2.05, 4.69) is 44.9 Å². The fourth-order valence-electron chi connectivity index (χ4n) is 8.02. The van der Waals surface area contributed by atoms with Crippen molar-refractivity contribution < 1.29 is 79.9 Å². The SMILES string of the molecule is C=CCOC1OC(COC2OC(COCCCC)C(OP(=O)(OCCCC)OCCCC)C(OCCCC)C2NC(=O)CC(CN)OC(C)=O)C(OCCCC)C(OCCCC)C1NC(=O)C[C@@H](C)OCCCC. The fraction of sp³-hybridized carbons (Fsp3) is 0.906. The number of carbonyl (C=O) groups excluding carboxylic acids is 3. The molecule has 11 unspecified atom stereocenters. The van der Waals surface area contributed by atoms with E-state index in [0.717, 1.165) is 70.6 Å². The van der Waals surface area contributed by atoms with Crippen LogP contribution in [0.3, 0.4) is 0 Å². The number of hydrogen-bond acceptors (Lipinski definition) is 18. The van der Waals surface area contributed by atoms with Crippen molar-refractivity contribution in [3.8, 4) is 0 Å². The molecular weight excluding hydrogens is 982 g/mol. The molecule has 434 valence electrons. The molecule has 0 radical (unpaired) electrons. The van der Waals surface area contributed by atoms with Crippen LogP contribution in [-0.2, 0) is 79.9 Å². The predicted molar refractivity (Wildman–Crippen MR) is 281 cm³/mol. The van der Waals surface area contributed by atoms with Gasteiger partial charge in [0.15, 0.2) is 12.6 Å². The second-order valence-electron chi connectivity index (χ2n) is 19.0. The van der Waals surface area contributed by atoms with Crippen LogP contribution >= 0.6 is 7.82 Å². The van der Waals surface area contributed by atoms with E-state index < -0.39 is 87.1 Å². The van der Waals surface area contributed by atoms with E-state index in [4.69, 9.17) is 66.7 Å². The topological polar surface area (TPSA) is 238 Å². The normalized spacial score (nSPS) is 25.1.